The molecule has 0 unspecified atom stereocenters. The van der Waals surface area contributed by atoms with Crippen molar-refractivity contribution in [2.24, 2.45) is 5.10 Å². The van der Waals surface area contributed by atoms with E-state index in [4.69, 9.17) is 4.98 Å². The minimum absolute atomic E-state index is 0.763. The van der Waals surface area contributed by atoms with Gasteiger partial charge in [-0.05, 0) is 11.6 Å². The van der Waals surface area contributed by atoms with Crippen molar-refractivity contribution >= 4 is 33.6 Å². The van der Waals surface area contributed by atoms with E-state index in [0.29, 0.717) is 0 Å². The SMILES string of the molecule is C(=N\Nc1nc(-c2ccccc2)c(-c2ccccc2)s1)/c1c[nH]c2ccccc12. The van der Waals surface area contributed by atoms with Gasteiger partial charge in [0.1, 0.15) is 0 Å². The molecule has 0 bridgehead atoms. The van der Waals surface area contributed by atoms with E-state index in [1.54, 1.807) is 11.3 Å². The summed E-state index contributed by atoms with van der Waals surface area (Å²) in [4.78, 5) is 9.21. The molecule has 140 valence electrons. The molecular weight excluding hydrogens is 376 g/mol. The number of benzene rings is 3. The molecule has 5 aromatic rings. The van der Waals surface area contributed by atoms with Crippen LogP contribution in [0.15, 0.2) is 96.2 Å². The molecule has 29 heavy (non-hydrogen) atoms. The van der Waals surface area contributed by atoms with Crippen LogP contribution in [0.1, 0.15) is 5.56 Å². The van der Waals surface area contributed by atoms with Gasteiger partial charge in [-0.3, -0.25) is 5.43 Å². The highest BCUT2D eigenvalue weighted by atomic mass is 32.1. The molecule has 5 rings (SSSR count). The molecule has 0 spiro atoms. The molecule has 0 aliphatic carbocycles. The normalized spacial score (nSPS) is 11.3. The van der Waals surface area contributed by atoms with Gasteiger partial charge < -0.3 is 4.98 Å². The molecule has 0 saturated carbocycles. The Balaban J connectivity index is 1.47. The predicted molar refractivity (Wildman–Crippen MR) is 123 cm³/mol. The first-order chi connectivity index (χ1) is 14.4. The van der Waals surface area contributed by atoms with Crippen LogP contribution >= 0.6 is 11.3 Å². The fraction of sp³-hybridized carbons (Fsp3) is 0. The lowest BCUT2D eigenvalue weighted by molar-refractivity contribution is 1.29. The molecule has 2 heterocycles. The quantitative estimate of drug-likeness (QED) is 0.267. The molecule has 0 amide bonds. The molecule has 4 nitrogen and oxygen atoms in total. The lowest BCUT2D eigenvalue weighted by atomic mass is 10.1. The van der Waals surface area contributed by atoms with Gasteiger partial charge in [-0.1, -0.05) is 90.2 Å². The number of hydrogen-bond acceptors (Lipinski definition) is 4. The van der Waals surface area contributed by atoms with Crippen LogP contribution in [-0.2, 0) is 0 Å². The van der Waals surface area contributed by atoms with Crippen molar-refractivity contribution in [3.05, 3.63) is 96.7 Å². The van der Waals surface area contributed by atoms with Crippen LogP contribution in [0.5, 0.6) is 0 Å². The second-order valence-corrected chi connectivity index (χ2v) is 7.59. The molecule has 2 aromatic heterocycles. The number of anilines is 1. The van der Waals surface area contributed by atoms with Gasteiger partial charge in [0.05, 0.1) is 16.8 Å². The predicted octanol–water partition coefficient (Wildman–Crippen LogP) is 6.40. The number of nitrogens with one attached hydrogen (secondary N) is 2. The standard InChI is InChI=1S/C24H18N4S/c1-3-9-17(10-4-1)22-23(18-11-5-2-6-12-18)29-24(27-22)28-26-16-19-15-25-21-14-8-7-13-20(19)21/h1-16,25H,(H,27,28)/b26-16+. The third-order valence-electron chi connectivity index (χ3n) is 4.70. The van der Waals surface area contributed by atoms with E-state index < -0.39 is 0 Å². The fourth-order valence-corrected chi connectivity index (χ4v) is 4.25. The average molecular weight is 395 g/mol. The maximum absolute atomic E-state index is 4.82. The number of H-pyrrole nitrogens is 1. The number of hydrazone groups is 1. The molecule has 0 saturated heterocycles. The van der Waals surface area contributed by atoms with Crippen molar-refractivity contribution in [2.45, 2.75) is 0 Å². The third-order valence-corrected chi connectivity index (χ3v) is 5.70. The minimum atomic E-state index is 0.763. The van der Waals surface area contributed by atoms with Crippen LogP contribution in [0, 0.1) is 0 Å². The van der Waals surface area contributed by atoms with Gasteiger partial charge in [-0.2, -0.15) is 5.10 Å². The van der Waals surface area contributed by atoms with Gasteiger partial charge >= 0.3 is 0 Å². The molecule has 0 aliphatic heterocycles. The number of aromatic amines is 1. The van der Waals surface area contributed by atoms with Gasteiger partial charge in [0.2, 0.25) is 5.13 Å². The topological polar surface area (TPSA) is 53.1 Å². The fourth-order valence-electron chi connectivity index (χ4n) is 3.30. The molecule has 0 atom stereocenters. The van der Waals surface area contributed by atoms with E-state index in [0.717, 1.165) is 43.3 Å². The number of nitrogens with zero attached hydrogens (tertiary/aromatic N) is 2. The summed E-state index contributed by atoms with van der Waals surface area (Å²) < 4.78 is 0. The van der Waals surface area contributed by atoms with Crippen LogP contribution in [0.3, 0.4) is 0 Å². The number of thiazole rings is 1. The lowest BCUT2D eigenvalue weighted by Gasteiger charge is -2.02. The molecule has 0 fully saturated rings. The van der Waals surface area contributed by atoms with Crippen LogP contribution in [0.25, 0.3) is 32.6 Å². The number of fused-ring (bicyclic) bond motifs is 1. The average Bonchev–Trinajstić information content (AvgIpc) is 3.40. The first kappa shape index (κ1) is 17.4. The Kier molecular flexibility index (Phi) is 4.64. The number of para-hydroxylation sites is 1. The Hall–Kier alpha value is -3.70. The Morgan fingerprint density at radius 3 is 2.31 bits per heavy atom. The van der Waals surface area contributed by atoms with Crippen LogP contribution < -0.4 is 5.43 Å². The summed E-state index contributed by atoms with van der Waals surface area (Å²) in [7, 11) is 0. The van der Waals surface area contributed by atoms with Gasteiger partial charge in [-0.25, -0.2) is 4.98 Å². The Morgan fingerprint density at radius 2 is 1.52 bits per heavy atom. The van der Waals surface area contributed by atoms with Crippen molar-refractivity contribution in [1.82, 2.24) is 9.97 Å². The van der Waals surface area contributed by atoms with E-state index in [1.165, 1.54) is 0 Å². The van der Waals surface area contributed by atoms with Crippen molar-refractivity contribution in [3.63, 3.8) is 0 Å². The van der Waals surface area contributed by atoms with Gasteiger partial charge in [0, 0.05) is 28.2 Å². The Labute approximate surface area is 172 Å². The lowest BCUT2D eigenvalue weighted by Crippen LogP contribution is -1.89. The van der Waals surface area contributed by atoms with E-state index in [2.05, 4.69) is 51.9 Å². The van der Waals surface area contributed by atoms with E-state index in [1.807, 2.05) is 60.9 Å². The van der Waals surface area contributed by atoms with Crippen molar-refractivity contribution in [3.8, 4) is 21.7 Å². The highest BCUT2D eigenvalue weighted by Crippen LogP contribution is 2.38. The van der Waals surface area contributed by atoms with Gasteiger partial charge in [-0.15, -0.1) is 0 Å². The van der Waals surface area contributed by atoms with Crippen molar-refractivity contribution in [2.75, 3.05) is 5.43 Å². The highest BCUT2D eigenvalue weighted by molar-refractivity contribution is 7.19. The van der Waals surface area contributed by atoms with Crippen molar-refractivity contribution in [1.29, 1.82) is 0 Å². The zero-order chi connectivity index (χ0) is 19.5. The largest absolute Gasteiger partial charge is 0.361 e. The minimum Gasteiger partial charge on any atom is -0.361 e. The van der Waals surface area contributed by atoms with Crippen LogP contribution in [0.4, 0.5) is 5.13 Å². The zero-order valence-electron chi connectivity index (χ0n) is 15.5. The summed E-state index contributed by atoms with van der Waals surface area (Å²) in [6.45, 7) is 0. The number of rotatable bonds is 5. The first-order valence-corrected chi connectivity index (χ1v) is 10.2. The summed E-state index contributed by atoms with van der Waals surface area (Å²) in [5, 5.41) is 6.34. The third kappa shape index (κ3) is 3.56. The summed E-state index contributed by atoms with van der Waals surface area (Å²) >= 11 is 1.60. The molecular formula is C24H18N4S. The monoisotopic (exact) mass is 394 g/mol. The summed E-state index contributed by atoms with van der Waals surface area (Å²) in [5.74, 6) is 0. The smallest absolute Gasteiger partial charge is 0.204 e. The maximum atomic E-state index is 4.82. The Morgan fingerprint density at radius 1 is 0.828 bits per heavy atom. The van der Waals surface area contributed by atoms with Crippen molar-refractivity contribution < 1.29 is 0 Å². The molecule has 3 aromatic carbocycles. The van der Waals surface area contributed by atoms with Gasteiger partial charge in [0.25, 0.3) is 0 Å². The zero-order valence-corrected chi connectivity index (χ0v) is 16.4. The van der Waals surface area contributed by atoms with E-state index in [-0.39, 0.29) is 0 Å². The molecule has 0 radical (unpaired) electrons. The Bertz CT molecular complexity index is 1210. The second-order valence-electron chi connectivity index (χ2n) is 6.59. The molecule has 5 heteroatoms. The summed E-state index contributed by atoms with van der Waals surface area (Å²) in [5.41, 5.74) is 8.46. The maximum Gasteiger partial charge on any atom is 0.204 e. The molecule has 2 N–H and O–H groups in total. The first-order valence-electron chi connectivity index (χ1n) is 9.35. The highest BCUT2D eigenvalue weighted by Gasteiger charge is 2.14. The van der Waals surface area contributed by atoms with Crippen LogP contribution in [-0.4, -0.2) is 16.2 Å². The van der Waals surface area contributed by atoms with E-state index in [9.17, 15) is 0 Å². The summed E-state index contributed by atoms with van der Waals surface area (Å²) in [6.07, 6.45) is 3.78. The number of hydrogen-bond donors (Lipinski definition) is 2. The second kappa shape index (κ2) is 7.73. The summed E-state index contributed by atoms with van der Waals surface area (Å²) in [6, 6.07) is 28.8. The number of aromatic nitrogens is 2. The van der Waals surface area contributed by atoms with Gasteiger partial charge in [0.15, 0.2) is 0 Å². The van der Waals surface area contributed by atoms with Crippen LogP contribution in [0.2, 0.25) is 0 Å². The molecule has 0 aliphatic rings. The van der Waals surface area contributed by atoms with E-state index >= 15 is 0 Å².